The number of rotatable bonds is 4. The highest BCUT2D eigenvalue weighted by Crippen LogP contribution is 2.24. The average Bonchev–Trinajstić information content (AvgIpc) is 2.81. The quantitative estimate of drug-likeness (QED) is 0.491. The van der Waals surface area contributed by atoms with Gasteiger partial charge in [-0.05, 0) is 20.8 Å². The third kappa shape index (κ3) is 2.77. The summed E-state index contributed by atoms with van der Waals surface area (Å²) in [6.45, 7) is 5.49. The summed E-state index contributed by atoms with van der Waals surface area (Å²) in [7, 11) is 0. The second-order valence-corrected chi connectivity index (χ2v) is 5.23. The van der Waals surface area contributed by atoms with Gasteiger partial charge in [0.05, 0.1) is 34.3 Å². The van der Waals surface area contributed by atoms with Crippen LogP contribution in [-0.4, -0.2) is 24.9 Å². The minimum Gasteiger partial charge on any atom is -0.258 e. The summed E-state index contributed by atoms with van der Waals surface area (Å²) in [5.74, 6) is 0. The maximum Gasteiger partial charge on any atom is 0.278 e. The molecule has 106 valence electrons. The van der Waals surface area contributed by atoms with Crippen molar-refractivity contribution >= 4 is 17.3 Å². The van der Waals surface area contributed by atoms with Crippen molar-refractivity contribution in [3.05, 3.63) is 45.0 Å². The van der Waals surface area contributed by atoms with Crippen LogP contribution in [0.4, 0.5) is 5.69 Å². The maximum absolute atomic E-state index is 11.1. The summed E-state index contributed by atoms with van der Waals surface area (Å²) in [5.41, 5.74) is 2.45. The fourth-order valence-electron chi connectivity index (χ4n) is 1.93. The van der Waals surface area contributed by atoms with Gasteiger partial charge in [-0.1, -0.05) is 5.21 Å². The molecule has 0 aromatic carbocycles. The van der Waals surface area contributed by atoms with Gasteiger partial charge in [0.15, 0.2) is 0 Å². The van der Waals surface area contributed by atoms with E-state index in [2.05, 4.69) is 15.3 Å². The number of nitrogens with zero attached hydrogens (tertiary/aromatic N) is 5. The Labute approximate surface area is 120 Å². The number of alkyl halides is 1. The molecule has 1 unspecified atom stereocenters. The van der Waals surface area contributed by atoms with Crippen LogP contribution in [0.1, 0.15) is 34.8 Å². The Bertz CT molecular complexity index is 653. The van der Waals surface area contributed by atoms with Gasteiger partial charge in [-0.2, -0.15) is 0 Å². The fourth-order valence-corrected chi connectivity index (χ4v) is 2.03. The zero-order valence-electron chi connectivity index (χ0n) is 11.4. The van der Waals surface area contributed by atoms with Gasteiger partial charge in [-0.25, -0.2) is 4.68 Å². The van der Waals surface area contributed by atoms with E-state index in [0.717, 1.165) is 0 Å². The van der Waals surface area contributed by atoms with Crippen LogP contribution in [0, 0.1) is 24.0 Å². The van der Waals surface area contributed by atoms with E-state index in [0.29, 0.717) is 29.1 Å². The van der Waals surface area contributed by atoms with Crippen LogP contribution in [0.2, 0.25) is 0 Å². The van der Waals surface area contributed by atoms with E-state index >= 15 is 0 Å². The summed E-state index contributed by atoms with van der Waals surface area (Å²) in [4.78, 5) is 14.9. The first-order chi connectivity index (χ1) is 9.40. The normalized spacial score (nSPS) is 12.4. The molecular weight excluding hydrogens is 282 g/mol. The molecule has 0 N–H and O–H groups in total. The number of halogens is 1. The highest BCUT2D eigenvalue weighted by atomic mass is 35.5. The van der Waals surface area contributed by atoms with Crippen molar-refractivity contribution in [3.8, 4) is 0 Å². The van der Waals surface area contributed by atoms with Gasteiger partial charge in [-0.15, -0.1) is 16.7 Å². The van der Waals surface area contributed by atoms with E-state index in [1.54, 1.807) is 31.6 Å². The van der Waals surface area contributed by atoms with E-state index in [4.69, 9.17) is 11.6 Å². The molecular formula is C12H14ClN5O2. The molecule has 1 atom stereocenters. The Morgan fingerprint density at radius 2 is 2.20 bits per heavy atom. The summed E-state index contributed by atoms with van der Waals surface area (Å²) in [6, 6.07) is 0. The van der Waals surface area contributed by atoms with Gasteiger partial charge in [-0.3, -0.25) is 15.1 Å². The third-order valence-electron chi connectivity index (χ3n) is 3.03. The second kappa shape index (κ2) is 5.54. The maximum atomic E-state index is 11.1. The number of hydrogen-bond acceptors (Lipinski definition) is 5. The summed E-state index contributed by atoms with van der Waals surface area (Å²) < 4.78 is 1.57. The molecule has 2 rings (SSSR count). The van der Waals surface area contributed by atoms with Crippen molar-refractivity contribution in [2.45, 2.75) is 32.7 Å². The Balaban J connectivity index is 2.34. The number of nitro groups is 1. The topological polar surface area (TPSA) is 86.7 Å². The van der Waals surface area contributed by atoms with Crippen LogP contribution in [0.15, 0.2) is 12.4 Å². The molecule has 0 aliphatic rings. The molecule has 7 nitrogen and oxygen atoms in total. The molecule has 2 heterocycles. The lowest BCUT2D eigenvalue weighted by molar-refractivity contribution is -0.386. The van der Waals surface area contributed by atoms with Gasteiger partial charge in [0, 0.05) is 11.8 Å². The molecule has 2 aromatic heterocycles. The molecule has 0 spiro atoms. The van der Waals surface area contributed by atoms with Crippen LogP contribution >= 0.6 is 11.6 Å². The molecule has 0 radical (unpaired) electrons. The van der Waals surface area contributed by atoms with Crippen molar-refractivity contribution in [1.82, 2.24) is 20.0 Å². The summed E-state index contributed by atoms with van der Waals surface area (Å²) in [5, 5.41) is 18.7. The SMILES string of the molecule is Cc1cnc(Cn2cc(C(C)Cl)nn2)c(C)c1[N+](=O)[O-]. The number of aromatic nitrogens is 4. The van der Waals surface area contributed by atoms with Crippen molar-refractivity contribution in [2.24, 2.45) is 0 Å². The smallest absolute Gasteiger partial charge is 0.258 e. The van der Waals surface area contributed by atoms with Gasteiger partial charge in [0.25, 0.3) is 5.69 Å². The molecule has 0 saturated carbocycles. The minimum atomic E-state index is -0.385. The first-order valence-corrected chi connectivity index (χ1v) is 6.47. The Hall–Kier alpha value is -2.02. The number of pyridine rings is 1. The minimum absolute atomic E-state index is 0.0982. The van der Waals surface area contributed by atoms with E-state index in [9.17, 15) is 10.1 Å². The lowest BCUT2D eigenvalue weighted by Gasteiger charge is -2.07. The zero-order valence-corrected chi connectivity index (χ0v) is 12.1. The molecule has 8 heteroatoms. The third-order valence-corrected chi connectivity index (χ3v) is 3.26. The van der Waals surface area contributed by atoms with Crippen LogP contribution < -0.4 is 0 Å². The van der Waals surface area contributed by atoms with E-state index < -0.39 is 0 Å². The van der Waals surface area contributed by atoms with Crippen molar-refractivity contribution < 1.29 is 4.92 Å². The average molecular weight is 296 g/mol. The lowest BCUT2D eigenvalue weighted by atomic mass is 10.1. The molecule has 2 aromatic rings. The highest BCUT2D eigenvalue weighted by molar-refractivity contribution is 6.20. The van der Waals surface area contributed by atoms with Crippen molar-refractivity contribution in [1.29, 1.82) is 0 Å². The number of hydrogen-bond donors (Lipinski definition) is 0. The summed E-state index contributed by atoms with van der Waals surface area (Å²) in [6.07, 6.45) is 3.22. The van der Waals surface area contributed by atoms with E-state index in [-0.39, 0.29) is 16.0 Å². The molecule has 0 saturated heterocycles. The van der Waals surface area contributed by atoms with Crippen LogP contribution in [0.5, 0.6) is 0 Å². The second-order valence-electron chi connectivity index (χ2n) is 4.58. The predicted octanol–water partition coefficient (Wildman–Crippen LogP) is 2.55. The summed E-state index contributed by atoms with van der Waals surface area (Å²) >= 11 is 5.92. The Kier molecular flexibility index (Phi) is 3.99. The lowest BCUT2D eigenvalue weighted by Crippen LogP contribution is -2.07. The highest BCUT2D eigenvalue weighted by Gasteiger charge is 2.19. The predicted molar refractivity (Wildman–Crippen MR) is 73.8 cm³/mol. The number of aryl methyl sites for hydroxylation is 1. The van der Waals surface area contributed by atoms with Crippen LogP contribution in [0.25, 0.3) is 0 Å². The van der Waals surface area contributed by atoms with Gasteiger partial charge in [0.2, 0.25) is 0 Å². The Morgan fingerprint density at radius 3 is 2.75 bits per heavy atom. The molecule has 0 aliphatic heterocycles. The molecule has 0 fully saturated rings. The van der Waals surface area contributed by atoms with Gasteiger partial charge >= 0.3 is 0 Å². The van der Waals surface area contributed by atoms with Gasteiger partial charge < -0.3 is 0 Å². The monoisotopic (exact) mass is 295 g/mol. The van der Waals surface area contributed by atoms with Crippen LogP contribution in [-0.2, 0) is 6.54 Å². The molecule has 0 amide bonds. The standard InChI is InChI=1S/C12H14ClN5O2/c1-7-4-14-10(8(2)12(7)18(19)20)5-17-6-11(9(3)13)15-16-17/h4,6,9H,5H2,1-3H3. The van der Waals surface area contributed by atoms with Crippen molar-refractivity contribution in [3.63, 3.8) is 0 Å². The van der Waals surface area contributed by atoms with E-state index in [1.165, 1.54) is 6.20 Å². The van der Waals surface area contributed by atoms with Gasteiger partial charge in [0.1, 0.15) is 5.69 Å². The first kappa shape index (κ1) is 14.4. The first-order valence-electron chi connectivity index (χ1n) is 6.03. The van der Waals surface area contributed by atoms with E-state index in [1.807, 2.05) is 0 Å². The zero-order chi connectivity index (χ0) is 14.9. The Morgan fingerprint density at radius 1 is 1.50 bits per heavy atom. The molecule has 0 bridgehead atoms. The molecule has 20 heavy (non-hydrogen) atoms. The molecule has 0 aliphatic carbocycles. The van der Waals surface area contributed by atoms with Crippen molar-refractivity contribution in [2.75, 3.05) is 0 Å². The van der Waals surface area contributed by atoms with Crippen LogP contribution in [0.3, 0.4) is 0 Å². The largest absolute Gasteiger partial charge is 0.278 e. The fraction of sp³-hybridized carbons (Fsp3) is 0.417.